The SMILES string of the molecule is CCOC(Cc1ccc(O)c(OC)c1)C(=O)O. The van der Waals surface area contributed by atoms with Crippen LogP contribution in [0.15, 0.2) is 18.2 Å². The van der Waals surface area contributed by atoms with Gasteiger partial charge in [-0.3, -0.25) is 0 Å². The van der Waals surface area contributed by atoms with Crippen molar-refractivity contribution in [1.82, 2.24) is 0 Å². The number of benzene rings is 1. The average molecular weight is 240 g/mol. The molecule has 1 rings (SSSR count). The van der Waals surface area contributed by atoms with E-state index in [4.69, 9.17) is 14.6 Å². The monoisotopic (exact) mass is 240 g/mol. The lowest BCUT2D eigenvalue weighted by atomic mass is 10.1. The molecule has 17 heavy (non-hydrogen) atoms. The van der Waals surface area contributed by atoms with Crippen LogP contribution < -0.4 is 4.74 Å². The highest BCUT2D eigenvalue weighted by molar-refractivity contribution is 5.72. The molecule has 0 aromatic heterocycles. The predicted octanol–water partition coefficient (Wildman–Crippen LogP) is 1.43. The molecule has 0 aliphatic heterocycles. The van der Waals surface area contributed by atoms with Crippen LogP contribution in [-0.4, -0.2) is 36.0 Å². The van der Waals surface area contributed by atoms with Gasteiger partial charge < -0.3 is 19.7 Å². The topological polar surface area (TPSA) is 76.0 Å². The maximum atomic E-state index is 10.9. The minimum absolute atomic E-state index is 0.0273. The van der Waals surface area contributed by atoms with Crippen molar-refractivity contribution in [3.8, 4) is 11.5 Å². The number of methoxy groups -OCH3 is 1. The third-order valence-electron chi connectivity index (χ3n) is 2.31. The maximum absolute atomic E-state index is 10.9. The summed E-state index contributed by atoms with van der Waals surface area (Å²) in [4.78, 5) is 10.9. The fourth-order valence-corrected chi connectivity index (χ4v) is 1.48. The fraction of sp³-hybridized carbons (Fsp3) is 0.417. The first kappa shape index (κ1) is 13.3. The van der Waals surface area contributed by atoms with Crippen molar-refractivity contribution in [1.29, 1.82) is 0 Å². The van der Waals surface area contributed by atoms with Gasteiger partial charge in [-0.2, -0.15) is 0 Å². The Bertz CT molecular complexity index is 388. The second-order valence-electron chi connectivity index (χ2n) is 3.49. The molecule has 0 amide bonds. The van der Waals surface area contributed by atoms with E-state index in [-0.39, 0.29) is 12.2 Å². The van der Waals surface area contributed by atoms with Gasteiger partial charge in [-0.15, -0.1) is 0 Å². The van der Waals surface area contributed by atoms with Crippen LogP contribution in [0.1, 0.15) is 12.5 Å². The molecule has 0 saturated carbocycles. The number of ether oxygens (including phenoxy) is 2. The summed E-state index contributed by atoms with van der Waals surface area (Å²) in [7, 11) is 1.44. The van der Waals surface area contributed by atoms with E-state index in [0.29, 0.717) is 12.4 Å². The molecule has 0 heterocycles. The van der Waals surface area contributed by atoms with Gasteiger partial charge >= 0.3 is 5.97 Å². The third-order valence-corrected chi connectivity index (χ3v) is 2.31. The Labute approximate surface area is 99.6 Å². The molecule has 94 valence electrons. The van der Waals surface area contributed by atoms with E-state index in [1.807, 2.05) is 0 Å². The number of phenolic OH excluding ortho intramolecular Hbond substituents is 1. The third kappa shape index (κ3) is 3.64. The Hall–Kier alpha value is -1.75. The molecule has 1 atom stereocenters. The number of hydrogen-bond donors (Lipinski definition) is 2. The zero-order chi connectivity index (χ0) is 12.8. The summed E-state index contributed by atoms with van der Waals surface area (Å²) in [5, 5.41) is 18.4. The molecular weight excluding hydrogens is 224 g/mol. The van der Waals surface area contributed by atoms with Crippen molar-refractivity contribution in [3.05, 3.63) is 23.8 Å². The second kappa shape index (κ2) is 6.10. The Morgan fingerprint density at radius 2 is 2.18 bits per heavy atom. The van der Waals surface area contributed by atoms with Gasteiger partial charge in [-0.1, -0.05) is 6.07 Å². The van der Waals surface area contributed by atoms with E-state index in [9.17, 15) is 9.90 Å². The normalized spacial score (nSPS) is 12.1. The van der Waals surface area contributed by atoms with E-state index in [2.05, 4.69) is 0 Å². The van der Waals surface area contributed by atoms with Crippen LogP contribution in [0.3, 0.4) is 0 Å². The molecule has 1 aromatic rings. The van der Waals surface area contributed by atoms with E-state index in [1.54, 1.807) is 19.1 Å². The van der Waals surface area contributed by atoms with Crippen molar-refractivity contribution < 1.29 is 24.5 Å². The van der Waals surface area contributed by atoms with Gasteiger partial charge in [0.15, 0.2) is 17.6 Å². The number of rotatable bonds is 6. The van der Waals surface area contributed by atoms with Crippen molar-refractivity contribution in [2.75, 3.05) is 13.7 Å². The summed E-state index contributed by atoms with van der Waals surface area (Å²) in [6.07, 6.45) is -0.644. The molecule has 5 nitrogen and oxygen atoms in total. The number of hydrogen-bond acceptors (Lipinski definition) is 4. The summed E-state index contributed by atoms with van der Waals surface area (Å²) in [6.45, 7) is 2.08. The molecule has 0 bridgehead atoms. The van der Waals surface area contributed by atoms with Crippen LogP contribution in [0.25, 0.3) is 0 Å². The van der Waals surface area contributed by atoms with Crippen LogP contribution in [0.2, 0.25) is 0 Å². The van der Waals surface area contributed by atoms with Crippen molar-refractivity contribution in [2.45, 2.75) is 19.4 Å². The van der Waals surface area contributed by atoms with Gasteiger partial charge in [0.25, 0.3) is 0 Å². The lowest BCUT2D eigenvalue weighted by Crippen LogP contribution is -2.26. The number of aliphatic carboxylic acids is 1. The second-order valence-corrected chi connectivity index (χ2v) is 3.49. The number of carbonyl (C=O) groups is 1. The van der Waals surface area contributed by atoms with Crippen LogP contribution >= 0.6 is 0 Å². The summed E-state index contributed by atoms with van der Waals surface area (Å²) >= 11 is 0. The highest BCUT2D eigenvalue weighted by atomic mass is 16.5. The van der Waals surface area contributed by atoms with E-state index in [1.165, 1.54) is 13.2 Å². The van der Waals surface area contributed by atoms with Gasteiger partial charge in [0, 0.05) is 13.0 Å². The summed E-state index contributed by atoms with van der Waals surface area (Å²) in [6, 6.07) is 4.72. The smallest absolute Gasteiger partial charge is 0.333 e. The molecule has 5 heteroatoms. The van der Waals surface area contributed by atoms with Gasteiger partial charge in [0.05, 0.1) is 7.11 Å². The maximum Gasteiger partial charge on any atom is 0.333 e. The van der Waals surface area contributed by atoms with Crippen LogP contribution in [-0.2, 0) is 16.0 Å². The Kier molecular flexibility index (Phi) is 4.78. The van der Waals surface area contributed by atoms with E-state index in [0.717, 1.165) is 5.56 Å². The first-order valence-corrected chi connectivity index (χ1v) is 5.28. The van der Waals surface area contributed by atoms with Crippen molar-refractivity contribution in [3.63, 3.8) is 0 Å². The van der Waals surface area contributed by atoms with Crippen LogP contribution in [0.4, 0.5) is 0 Å². The summed E-state index contributed by atoms with van der Waals surface area (Å²) in [5.41, 5.74) is 0.737. The van der Waals surface area contributed by atoms with E-state index >= 15 is 0 Å². The molecule has 2 N–H and O–H groups in total. The predicted molar refractivity (Wildman–Crippen MR) is 61.4 cm³/mol. The lowest BCUT2D eigenvalue weighted by molar-refractivity contribution is -0.149. The first-order valence-electron chi connectivity index (χ1n) is 5.28. The highest BCUT2D eigenvalue weighted by Gasteiger charge is 2.18. The molecule has 0 aliphatic rings. The van der Waals surface area contributed by atoms with Crippen molar-refractivity contribution >= 4 is 5.97 Å². The zero-order valence-corrected chi connectivity index (χ0v) is 9.84. The molecular formula is C12H16O5. The molecule has 1 aromatic carbocycles. The largest absolute Gasteiger partial charge is 0.504 e. The summed E-state index contributed by atoms with van der Waals surface area (Å²) in [5.74, 6) is -0.651. The molecule has 0 spiro atoms. The zero-order valence-electron chi connectivity index (χ0n) is 9.84. The minimum Gasteiger partial charge on any atom is -0.504 e. The Balaban J connectivity index is 2.82. The number of carboxylic acid groups (broad SMARTS) is 1. The standard InChI is InChI=1S/C12H16O5/c1-3-17-11(12(14)15)7-8-4-5-9(13)10(6-8)16-2/h4-6,11,13H,3,7H2,1-2H3,(H,14,15). The fourth-order valence-electron chi connectivity index (χ4n) is 1.48. The number of aromatic hydroxyl groups is 1. The van der Waals surface area contributed by atoms with Gasteiger partial charge in [0.2, 0.25) is 0 Å². The quantitative estimate of drug-likeness (QED) is 0.786. The van der Waals surface area contributed by atoms with Crippen LogP contribution in [0, 0.1) is 0 Å². The average Bonchev–Trinajstić information content (AvgIpc) is 2.30. The molecule has 0 fully saturated rings. The number of phenols is 1. The summed E-state index contributed by atoms with van der Waals surface area (Å²) < 4.78 is 10.1. The number of carboxylic acids is 1. The van der Waals surface area contributed by atoms with Crippen molar-refractivity contribution in [2.24, 2.45) is 0 Å². The van der Waals surface area contributed by atoms with E-state index < -0.39 is 12.1 Å². The molecule has 0 saturated heterocycles. The van der Waals surface area contributed by atoms with Gasteiger partial charge in [-0.05, 0) is 24.6 Å². The van der Waals surface area contributed by atoms with Gasteiger partial charge in [0.1, 0.15) is 0 Å². The van der Waals surface area contributed by atoms with Gasteiger partial charge in [-0.25, -0.2) is 4.79 Å². The Morgan fingerprint density at radius 1 is 1.47 bits per heavy atom. The Morgan fingerprint density at radius 3 is 2.71 bits per heavy atom. The molecule has 1 unspecified atom stereocenters. The molecule has 0 radical (unpaired) electrons. The minimum atomic E-state index is -1.00. The van der Waals surface area contributed by atoms with Crippen LogP contribution in [0.5, 0.6) is 11.5 Å². The first-order chi connectivity index (χ1) is 8.08. The highest BCUT2D eigenvalue weighted by Crippen LogP contribution is 2.26. The lowest BCUT2D eigenvalue weighted by Gasteiger charge is -2.13. The molecule has 0 aliphatic carbocycles.